The third-order valence-electron chi connectivity index (χ3n) is 2.45. The molecule has 0 bridgehead atoms. The summed E-state index contributed by atoms with van der Waals surface area (Å²) < 4.78 is 13.0. The minimum Gasteiger partial charge on any atom is -0.388 e. The summed E-state index contributed by atoms with van der Waals surface area (Å²) in [5, 5.41) is 9.38. The first-order valence-electron chi connectivity index (χ1n) is 4.82. The number of nitrogens with two attached hydrogens (primary N) is 1. The number of alkyl halides is 1. The third-order valence-corrected chi connectivity index (χ3v) is 2.45. The van der Waals surface area contributed by atoms with E-state index >= 15 is 0 Å². The van der Waals surface area contributed by atoms with Crippen molar-refractivity contribution in [3.8, 4) is 0 Å². The van der Waals surface area contributed by atoms with Gasteiger partial charge in [0.05, 0.1) is 0 Å². The molecule has 0 aromatic carbocycles. The first-order valence-corrected chi connectivity index (χ1v) is 4.82. The van der Waals surface area contributed by atoms with Gasteiger partial charge in [0, 0.05) is 19.3 Å². The van der Waals surface area contributed by atoms with Crippen LogP contribution in [0, 0.1) is 0 Å². The zero-order chi connectivity index (χ0) is 10.8. The van der Waals surface area contributed by atoms with E-state index in [9.17, 15) is 9.50 Å². The molecule has 3 N–H and O–H groups in total. The molecular weight excluding hydrogens is 199 g/mol. The van der Waals surface area contributed by atoms with E-state index in [0.29, 0.717) is 24.7 Å². The van der Waals surface area contributed by atoms with E-state index < -0.39 is 12.3 Å². The van der Waals surface area contributed by atoms with Gasteiger partial charge in [-0.2, -0.15) is 4.98 Å². The molecule has 0 amide bonds. The fourth-order valence-corrected chi connectivity index (χ4v) is 1.60. The number of piperidine rings is 1. The number of hydrogen-bond donors (Lipinski definition) is 2. The van der Waals surface area contributed by atoms with E-state index in [4.69, 9.17) is 5.73 Å². The highest BCUT2D eigenvalue weighted by molar-refractivity contribution is 5.38. The maximum Gasteiger partial charge on any atom is 0.227 e. The minimum absolute atomic E-state index is 0.213. The second-order valence-corrected chi connectivity index (χ2v) is 3.60. The number of β-amino-alcohol motifs (C(OH)–C–C–N with tert-alkyl or cyclic N) is 1. The summed E-state index contributed by atoms with van der Waals surface area (Å²) in [6.07, 6.45) is -0.281. The van der Waals surface area contributed by atoms with Crippen LogP contribution >= 0.6 is 0 Å². The van der Waals surface area contributed by atoms with E-state index in [1.165, 1.54) is 0 Å². The summed E-state index contributed by atoms with van der Waals surface area (Å²) in [7, 11) is 0. The second-order valence-electron chi connectivity index (χ2n) is 3.60. The van der Waals surface area contributed by atoms with Crippen molar-refractivity contribution in [3.63, 3.8) is 0 Å². The van der Waals surface area contributed by atoms with E-state index in [-0.39, 0.29) is 6.54 Å². The van der Waals surface area contributed by atoms with Crippen molar-refractivity contribution in [1.82, 2.24) is 9.97 Å². The standard InChI is InChI=1S/C9H13FN4O/c10-6-2-4-14(5-7(6)15)9-12-3-1-8(11)13-9/h1,3,6-7,15H,2,4-5H2,(H2,11,12,13)/t6-,7+/m0/s1. The molecule has 0 unspecified atom stereocenters. The SMILES string of the molecule is Nc1ccnc(N2CC[C@H](F)[C@H](O)C2)n1. The number of nitrogens with zero attached hydrogens (tertiary/aromatic N) is 3. The van der Waals surface area contributed by atoms with Crippen LogP contribution in [0.15, 0.2) is 12.3 Å². The van der Waals surface area contributed by atoms with Gasteiger partial charge in [-0.05, 0) is 12.5 Å². The lowest BCUT2D eigenvalue weighted by atomic mass is 10.1. The molecule has 0 aliphatic carbocycles. The van der Waals surface area contributed by atoms with Crippen molar-refractivity contribution in [2.24, 2.45) is 0 Å². The number of aromatic nitrogens is 2. The third kappa shape index (κ3) is 2.15. The van der Waals surface area contributed by atoms with Gasteiger partial charge in [-0.25, -0.2) is 9.37 Å². The van der Waals surface area contributed by atoms with Crippen molar-refractivity contribution < 1.29 is 9.50 Å². The van der Waals surface area contributed by atoms with Gasteiger partial charge in [0.15, 0.2) is 0 Å². The molecule has 82 valence electrons. The molecule has 1 aliphatic rings. The summed E-state index contributed by atoms with van der Waals surface area (Å²) in [4.78, 5) is 9.77. The van der Waals surface area contributed by atoms with E-state index in [1.807, 2.05) is 0 Å². The Morgan fingerprint density at radius 3 is 3.07 bits per heavy atom. The summed E-state index contributed by atoms with van der Waals surface area (Å²) in [5.41, 5.74) is 5.51. The number of halogens is 1. The van der Waals surface area contributed by atoms with Gasteiger partial charge in [0.25, 0.3) is 0 Å². The first kappa shape index (κ1) is 10.1. The molecule has 2 heterocycles. The van der Waals surface area contributed by atoms with E-state index in [0.717, 1.165) is 0 Å². The molecular formula is C9H13FN4O. The Kier molecular flexibility index (Phi) is 2.68. The molecule has 5 nitrogen and oxygen atoms in total. The minimum atomic E-state index is -1.15. The second kappa shape index (κ2) is 3.98. The molecule has 1 aromatic heterocycles. The molecule has 0 saturated carbocycles. The van der Waals surface area contributed by atoms with Crippen LogP contribution in [0.5, 0.6) is 0 Å². The van der Waals surface area contributed by atoms with Crippen molar-refractivity contribution in [2.45, 2.75) is 18.7 Å². The summed E-state index contributed by atoms with van der Waals surface area (Å²) >= 11 is 0. The summed E-state index contributed by atoms with van der Waals surface area (Å²) in [6, 6.07) is 1.59. The molecule has 0 radical (unpaired) electrons. The number of aliphatic hydroxyl groups is 1. The predicted octanol–water partition coefficient (Wildman–Crippen LogP) is -0.0321. The summed E-state index contributed by atoms with van der Waals surface area (Å²) in [5.74, 6) is 0.817. The number of nitrogen functional groups attached to an aromatic ring is 1. The van der Waals surface area contributed by atoms with Gasteiger partial charge < -0.3 is 15.7 Å². The highest BCUT2D eigenvalue weighted by atomic mass is 19.1. The molecule has 1 aliphatic heterocycles. The van der Waals surface area contributed by atoms with Crippen LogP contribution in [-0.4, -0.2) is 40.4 Å². The highest BCUT2D eigenvalue weighted by Gasteiger charge is 2.28. The smallest absolute Gasteiger partial charge is 0.227 e. The number of anilines is 2. The number of aliphatic hydroxyl groups excluding tert-OH is 1. The maximum absolute atomic E-state index is 13.0. The highest BCUT2D eigenvalue weighted by Crippen LogP contribution is 2.18. The number of rotatable bonds is 1. The van der Waals surface area contributed by atoms with E-state index in [2.05, 4.69) is 9.97 Å². The molecule has 1 saturated heterocycles. The van der Waals surface area contributed by atoms with Gasteiger partial charge in [-0.3, -0.25) is 0 Å². The Morgan fingerprint density at radius 2 is 2.40 bits per heavy atom. The fraction of sp³-hybridized carbons (Fsp3) is 0.556. The Balaban J connectivity index is 2.12. The largest absolute Gasteiger partial charge is 0.388 e. The fourth-order valence-electron chi connectivity index (χ4n) is 1.60. The van der Waals surface area contributed by atoms with Crippen LogP contribution in [0.1, 0.15) is 6.42 Å². The maximum atomic E-state index is 13.0. The lowest BCUT2D eigenvalue weighted by Gasteiger charge is -2.32. The molecule has 2 rings (SSSR count). The van der Waals surface area contributed by atoms with E-state index in [1.54, 1.807) is 17.2 Å². The Labute approximate surface area is 86.7 Å². The molecule has 1 aromatic rings. The molecule has 2 atom stereocenters. The quantitative estimate of drug-likeness (QED) is 0.683. The average Bonchev–Trinajstić information content (AvgIpc) is 2.22. The van der Waals surface area contributed by atoms with Crippen molar-refractivity contribution in [2.75, 3.05) is 23.7 Å². The molecule has 0 spiro atoms. The van der Waals surface area contributed by atoms with Crippen LogP contribution in [0.4, 0.5) is 16.2 Å². The Hall–Kier alpha value is -1.43. The van der Waals surface area contributed by atoms with Crippen LogP contribution in [-0.2, 0) is 0 Å². The topological polar surface area (TPSA) is 75.3 Å². The van der Waals surface area contributed by atoms with Gasteiger partial charge in [0.2, 0.25) is 5.95 Å². The van der Waals surface area contributed by atoms with Crippen molar-refractivity contribution in [3.05, 3.63) is 12.3 Å². The Bertz CT molecular complexity index is 349. The monoisotopic (exact) mass is 212 g/mol. The normalized spacial score (nSPS) is 26.7. The van der Waals surface area contributed by atoms with Crippen LogP contribution in [0.2, 0.25) is 0 Å². The van der Waals surface area contributed by atoms with Gasteiger partial charge in [-0.15, -0.1) is 0 Å². The lowest BCUT2D eigenvalue weighted by Crippen LogP contribution is -2.45. The predicted molar refractivity (Wildman–Crippen MR) is 54.2 cm³/mol. The first-order chi connectivity index (χ1) is 7.16. The van der Waals surface area contributed by atoms with Crippen molar-refractivity contribution >= 4 is 11.8 Å². The molecule has 6 heteroatoms. The zero-order valence-electron chi connectivity index (χ0n) is 8.17. The van der Waals surface area contributed by atoms with Gasteiger partial charge in [-0.1, -0.05) is 0 Å². The zero-order valence-corrected chi connectivity index (χ0v) is 8.17. The van der Waals surface area contributed by atoms with Crippen LogP contribution in [0.25, 0.3) is 0 Å². The summed E-state index contributed by atoms with van der Waals surface area (Å²) in [6.45, 7) is 0.715. The van der Waals surface area contributed by atoms with Crippen molar-refractivity contribution in [1.29, 1.82) is 0 Å². The van der Waals surface area contributed by atoms with Gasteiger partial charge >= 0.3 is 0 Å². The lowest BCUT2D eigenvalue weighted by molar-refractivity contribution is 0.0640. The molecule has 15 heavy (non-hydrogen) atoms. The average molecular weight is 212 g/mol. The Morgan fingerprint density at radius 1 is 1.60 bits per heavy atom. The van der Waals surface area contributed by atoms with Gasteiger partial charge in [0.1, 0.15) is 18.1 Å². The van der Waals surface area contributed by atoms with Crippen LogP contribution < -0.4 is 10.6 Å². The molecule has 1 fully saturated rings. The number of hydrogen-bond acceptors (Lipinski definition) is 5. The van der Waals surface area contributed by atoms with Crippen LogP contribution in [0.3, 0.4) is 0 Å².